The Labute approximate surface area is 194 Å². The molecule has 33 heavy (non-hydrogen) atoms. The first-order valence-corrected chi connectivity index (χ1v) is 11.0. The van der Waals surface area contributed by atoms with Gasteiger partial charge in [0.15, 0.2) is 0 Å². The van der Waals surface area contributed by atoms with Crippen LogP contribution in [0, 0.1) is 0 Å². The Morgan fingerprint density at radius 1 is 1.12 bits per heavy atom. The lowest BCUT2D eigenvalue weighted by molar-refractivity contribution is -0.225. The number of nitrogens with zero attached hydrogens (tertiary/aromatic N) is 3. The molecule has 7 nitrogen and oxygen atoms in total. The number of rotatable bonds is 11. The van der Waals surface area contributed by atoms with E-state index >= 15 is 0 Å². The fraction of sp³-hybridized carbons (Fsp3) is 0.346. The highest BCUT2D eigenvalue weighted by molar-refractivity contribution is 5.95. The second kappa shape index (κ2) is 11.0. The lowest BCUT2D eigenvalue weighted by Crippen LogP contribution is -2.32. The highest BCUT2D eigenvalue weighted by Gasteiger charge is 2.36. The Hall–Kier alpha value is -3.29. The van der Waals surface area contributed by atoms with E-state index in [0.717, 1.165) is 23.4 Å². The number of carboxylic acids is 1. The van der Waals surface area contributed by atoms with Crippen LogP contribution in [0.3, 0.4) is 0 Å². The zero-order valence-electron chi connectivity index (χ0n) is 19.6. The Morgan fingerprint density at radius 3 is 2.42 bits per heavy atom. The topological polar surface area (TPSA) is 86.5 Å². The number of hydrogen-bond acceptors (Lipinski definition) is 5. The van der Waals surface area contributed by atoms with Crippen LogP contribution in [0.15, 0.2) is 60.7 Å². The van der Waals surface area contributed by atoms with Crippen molar-refractivity contribution in [2.24, 2.45) is 0 Å². The minimum Gasteiger partial charge on any atom is -0.478 e. The summed E-state index contributed by atoms with van der Waals surface area (Å²) in [5.41, 5.74) is 2.88. The fourth-order valence-electron chi connectivity index (χ4n) is 3.83. The normalized spacial score (nSPS) is 11.9. The molecule has 0 unspecified atom stereocenters. The average molecular weight is 450 g/mol. The van der Waals surface area contributed by atoms with Crippen LogP contribution < -0.4 is 0 Å². The van der Waals surface area contributed by atoms with E-state index in [9.17, 15) is 9.90 Å². The molecular formula is C26H31N3O4. The SMILES string of the molecule is CC=CCn1nc(C(CCC)(OC)OC)nc1Cc1ccc(-c2ccccc2C(=O)O)cc1. The van der Waals surface area contributed by atoms with Gasteiger partial charge in [-0.25, -0.2) is 14.5 Å². The van der Waals surface area contributed by atoms with Gasteiger partial charge in [0.1, 0.15) is 5.82 Å². The summed E-state index contributed by atoms with van der Waals surface area (Å²) < 4.78 is 13.3. The summed E-state index contributed by atoms with van der Waals surface area (Å²) in [5, 5.41) is 14.2. The third kappa shape index (κ3) is 5.38. The molecule has 7 heteroatoms. The number of methoxy groups -OCH3 is 2. The first kappa shape index (κ1) is 24.4. The molecule has 0 aliphatic rings. The van der Waals surface area contributed by atoms with Crippen molar-refractivity contribution < 1.29 is 19.4 Å². The first-order valence-electron chi connectivity index (χ1n) is 11.0. The van der Waals surface area contributed by atoms with Crippen molar-refractivity contribution in [3.8, 4) is 11.1 Å². The number of hydrogen-bond donors (Lipinski definition) is 1. The number of benzene rings is 2. The number of carbonyl (C=O) groups is 1. The van der Waals surface area contributed by atoms with Gasteiger partial charge in [0, 0.05) is 27.1 Å². The predicted molar refractivity (Wildman–Crippen MR) is 127 cm³/mol. The van der Waals surface area contributed by atoms with Crippen LogP contribution in [0.5, 0.6) is 0 Å². The molecule has 0 bridgehead atoms. The molecule has 0 atom stereocenters. The van der Waals surface area contributed by atoms with Gasteiger partial charge in [-0.3, -0.25) is 0 Å². The summed E-state index contributed by atoms with van der Waals surface area (Å²) in [7, 11) is 3.22. The van der Waals surface area contributed by atoms with Crippen molar-refractivity contribution >= 4 is 5.97 Å². The maximum atomic E-state index is 11.6. The quantitative estimate of drug-likeness (QED) is 0.325. The van der Waals surface area contributed by atoms with Crippen LogP contribution in [0.2, 0.25) is 0 Å². The molecule has 0 saturated carbocycles. The Kier molecular flexibility index (Phi) is 8.14. The molecule has 0 fully saturated rings. The van der Waals surface area contributed by atoms with E-state index in [-0.39, 0.29) is 5.56 Å². The lowest BCUT2D eigenvalue weighted by atomic mass is 9.98. The van der Waals surface area contributed by atoms with Gasteiger partial charge in [-0.2, -0.15) is 0 Å². The number of aromatic carboxylic acids is 1. The summed E-state index contributed by atoms with van der Waals surface area (Å²) in [5.74, 6) is -0.599. The molecule has 0 saturated heterocycles. The van der Waals surface area contributed by atoms with Gasteiger partial charge in [-0.05, 0) is 29.7 Å². The largest absolute Gasteiger partial charge is 0.478 e. The molecule has 0 spiro atoms. The summed E-state index contributed by atoms with van der Waals surface area (Å²) in [6.45, 7) is 4.63. The van der Waals surface area contributed by atoms with Gasteiger partial charge < -0.3 is 14.6 Å². The number of aromatic nitrogens is 3. The summed E-state index contributed by atoms with van der Waals surface area (Å²) in [6.07, 6.45) is 6.08. The molecule has 1 N–H and O–H groups in total. The molecule has 0 amide bonds. The van der Waals surface area contributed by atoms with Crippen LogP contribution in [-0.4, -0.2) is 40.1 Å². The second-order valence-electron chi connectivity index (χ2n) is 7.74. The Balaban J connectivity index is 1.92. The molecule has 0 aliphatic carbocycles. The fourth-order valence-corrected chi connectivity index (χ4v) is 3.83. The zero-order chi connectivity index (χ0) is 23.8. The van der Waals surface area contributed by atoms with Gasteiger partial charge in [-0.15, -0.1) is 5.10 Å². The smallest absolute Gasteiger partial charge is 0.336 e. The maximum absolute atomic E-state index is 11.6. The number of ether oxygens (including phenoxy) is 2. The Bertz CT molecular complexity index is 1100. The van der Waals surface area contributed by atoms with E-state index in [2.05, 4.69) is 6.92 Å². The highest BCUT2D eigenvalue weighted by atomic mass is 16.7. The van der Waals surface area contributed by atoms with Gasteiger partial charge >= 0.3 is 5.97 Å². The molecule has 0 aliphatic heterocycles. The first-order chi connectivity index (χ1) is 16.0. The minimum absolute atomic E-state index is 0.285. The third-order valence-electron chi connectivity index (χ3n) is 5.63. The summed E-state index contributed by atoms with van der Waals surface area (Å²) in [4.78, 5) is 16.4. The van der Waals surface area contributed by atoms with E-state index in [1.54, 1.807) is 26.4 Å². The van der Waals surface area contributed by atoms with Crippen molar-refractivity contribution in [1.29, 1.82) is 0 Å². The number of carboxylic acid groups (broad SMARTS) is 1. The van der Waals surface area contributed by atoms with Gasteiger partial charge in [-0.1, -0.05) is 68.0 Å². The van der Waals surface area contributed by atoms with Crippen molar-refractivity contribution in [2.75, 3.05) is 14.2 Å². The average Bonchev–Trinajstić information content (AvgIpc) is 3.24. The molecule has 3 aromatic rings. The molecule has 1 heterocycles. The summed E-state index contributed by atoms with van der Waals surface area (Å²) >= 11 is 0. The minimum atomic E-state index is -0.977. The molecule has 3 rings (SSSR count). The number of allylic oxidation sites excluding steroid dienone is 2. The maximum Gasteiger partial charge on any atom is 0.336 e. The van der Waals surface area contributed by atoms with Crippen LogP contribution in [0.25, 0.3) is 11.1 Å². The van der Waals surface area contributed by atoms with Gasteiger partial charge in [0.2, 0.25) is 11.6 Å². The van der Waals surface area contributed by atoms with Gasteiger partial charge in [0.05, 0.1) is 12.1 Å². The van der Waals surface area contributed by atoms with Crippen LogP contribution >= 0.6 is 0 Å². The van der Waals surface area contributed by atoms with Crippen molar-refractivity contribution in [3.63, 3.8) is 0 Å². The van der Waals surface area contributed by atoms with E-state index in [4.69, 9.17) is 19.6 Å². The molecule has 1 aromatic heterocycles. The highest BCUT2D eigenvalue weighted by Crippen LogP contribution is 2.30. The van der Waals surface area contributed by atoms with E-state index < -0.39 is 11.8 Å². The van der Waals surface area contributed by atoms with Crippen LogP contribution in [0.1, 0.15) is 54.3 Å². The third-order valence-corrected chi connectivity index (χ3v) is 5.63. The van der Waals surface area contributed by atoms with E-state index in [0.29, 0.717) is 30.8 Å². The monoisotopic (exact) mass is 449 g/mol. The van der Waals surface area contributed by atoms with Crippen LogP contribution in [0.4, 0.5) is 0 Å². The van der Waals surface area contributed by atoms with Crippen molar-refractivity contribution in [2.45, 2.75) is 45.4 Å². The molecule has 0 radical (unpaired) electrons. The zero-order valence-corrected chi connectivity index (χ0v) is 19.6. The van der Waals surface area contributed by atoms with Gasteiger partial charge in [0.25, 0.3) is 0 Å². The van der Waals surface area contributed by atoms with E-state index in [1.165, 1.54) is 0 Å². The lowest BCUT2D eigenvalue weighted by Gasteiger charge is -2.27. The Morgan fingerprint density at radius 2 is 1.82 bits per heavy atom. The molecule has 2 aromatic carbocycles. The van der Waals surface area contributed by atoms with Crippen molar-refractivity contribution in [1.82, 2.24) is 14.8 Å². The second-order valence-corrected chi connectivity index (χ2v) is 7.74. The molecular weight excluding hydrogens is 418 g/mol. The van der Waals surface area contributed by atoms with Crippen LogP contribution in [-0.2, 0) is 28.2 Å². The predicted octanol–water partition coefficient (Wildman–Crippen LogP) is 5.06. The van der Waals surface area contributed by atoms with Crippen molar-refractivity contribution in [3.05, 3.63) is 83.5 Å². The molecule has 174 valence electrons. The summed E-state index contributed by atoms with van der Waals surface area (Å²) in [6, 6.07) is 14.9. The van der Waals surface area contributed by atoms with E-state index in [1.807, 2.05) is 60.2 Å². The standard InChI is InChI=1S/C26H31N3O4/c1-5-7-17-29-23(27-25(28-29)26(32-3,33-4)16-6-2)18-19-12-14-20(15-13-19)21-10-8-9-11-22(21)24(30)31/h5,7-15H,6,16-18H2,1-4H3,(H,30,31).